The van der Waals surface area contributed by atoms with Gasteiger partial charge in [-0.3, -0.25) is 0 Å². The van der Waals surface area contributed by atoms with Crippen molar-refractivity contribution in [2.24, 2.45) is 0 Å². The fourth-order valence-corrected chi connectivity index (χ4v) is 8.69. The van der Waals surface area contributed by atoms with E-state index in [2.05, 4.69) is 66.7 Å². The maximum Gasteiger partial charge on any atom is 0.164 e. The van der Waals surface area contributed by atoms with Crippen molar-refractivity contribution < 1.29 is 9.90 Å². The van der Waals surface area contributed by atoms with Crippen molar-refractivity contribution in [1.29, 1.82) is 0 Å². The molecule has 0 unspecified atom stereocenters. The molecule has 0 N–H and O–H groups in total. The molecule has 0 radical (unpaired) electrons. The summed E-state index contributed by atoms with van der Waals surface area (Å²) in [6.45, 7) is 0. The zero-order valence-corrected chi connectivity index (χ0v) is 33.2. The highest BCUT2D eigenvalue weighted by atomic mass is 16.3. The summed E-state index contributed by atoms with van der Waals surface area (Å²) in [5.74, 6) is 1.64. The molecule has 0 bridgehead atoms. The average Bonchev–Trinajstić information content (AvgIpc) is 3.95. The number of aromatic nitrogens is 4. The van der Waals surface area contributed by atoms with Crippen LogP contribution in [0.25, 0.3) is 117 Å². The Balaban J connectivity index is 0.994. The summed E-state index contributed by atoms with van der Waals surface area (Å²) in [6, 6.07) is 64.1. The number of furan rings is 1. The van der Waals surface area contributed by atoms with Crippen LogP contribution in [0.2, 0.25) is 0 Å². The van der Waals surface area contributed by atoms with Crippen molar-refractivity contribution in [3.05, 3.63) is 218 Å². The van der Waals surface area contributed by atoms with E-state index in [1.165, 1.54) is 0 Å². The standard InChI is InChI=1S/C57H36N4O/c1-3-15-37(16-4-1)41-19-11-21-43(35-41)45-25-13-26-47-46-23-7-9-28-50(46)61(54(45)47)44-22-12-20-42(36-44)38-31-33-40(34-32-38)56-58-55(39-17-5-2-6-18-39)59-57(60-56)49-27-14-30-52-53(49)48-24-8-10-29-51(48)62-52/h1-36H/i7D,9D,23D,28D. The van der Waals surface area contributed by atoms with Gasteiger partial charge < -0.3 is 8.98 Å². The van der Waals surface area contributed by atoms with Crippen molar-refractivity contribution in [1.82, 2.24) is 19.5 Å². The Hall–Kier alpha value is -8.41. The zero-order valence-electron chi connectivity index (χ0n) is 37.2. The molecule has 0 aliphatic rings. The van der Waals surface area contributed by atoms with E-state index in [1.54, 1.807) is 0 Å². The lowest BCUT2D eigenvalue weighted by Gasteiger charge is -2.14. The van der Waals surface area contributed by atoms with Gasteiger partial charge in [0.05, 0.1) is 16.5 Å². The summed E-state index contributed by atoms with van der Waals surface area (Å²) in [5.41, 5.74) is 12.0. The Kier molecular flexibility index (Phi) is 7.47. The Morgan fingerprint density at radius 1 is 0.387 bits per heavy atom. The lowest BCUT2D eigenvalue weighted by atomic mass is 9.97. The van der Waals surface area contributed by atoms with E-state index >= 15 is 0 Å². The maximum absolute atomic E-state index is 9.27. The van der Waals surface area contributed by atoms with E-state index < -0.39 is 0 Å². The molecule has 0 atom stereocenters. The Bertz CT molecular complexity index is 3870. The first-order valence-electron chi connectivity index (χ1n) is 22.5. The molecule has 5 nitrogen and oxygen atoms in total. The van der Waals surface area contributed by atoms with Crippen LogP contribution < -0.4 is 0 Å². The van der Waals surface area contributed by atoms with E-state index in [-0.39, 0.29) is 24.2 Å². The normalized spacial score (nSPS) is 12.5. The molecule has 0 aliphatic carbocycles. The van der Waals surface area contributed by atoms with Gasteiger partial charge in [0.2, 0.25) is 0 Å². The molecule has 3 heterocycles. The van der Waals surface area contributed by atoms with Crippen LogP contribution in [0, 0.1) is 0 Å². The van der Waals surface area contributed by atoms with Crippen LogP contribution in [0.5, 0.6) is 0 Å². The molecule has 12 rings (SSSR count). The van der Waals surface area contributed by atoms with Crippen molar-refractivity contribution in [2.75, 3.05) is 0 Å². The van der Waals surface area contributed by atoms with Crippen molar-refractivity contribution in [3.63, 3.8) is 0 Å². The van der Waals surface area contributed by atoms with Crippen LogP contribution >= 0.6 is 0 Å². The van der Waals surface area contributed by atoms with Crippen LogP contribution in [-0.2, 0) is 0 Å². The lowest BCUT2D eigenvalue weighted by Crippen LogP contribution is -2.00. The van der Waals surface area contributed by atoms with E-state index in [0.717, 1.165) is 88.6 Å². The number of benzene rings is 9. The fourth-order valence-electron chi connectivity index (χ4n) is 8.69. The van der Waals surface area contributed by atoms with Gasteiger partial charge in [-0.1, -0.05) is 182 Å². The molecule has 0 saturated heterocycles. The van der Waals surface area contributed by atoms with E-state index in [9.17, 15) is 1.37 Å². The number of para-hydroxylation sites is 3. The maximum atomic E-state index is 9.27. The largest absolute Gasteiger partial charge is 0.456 e. The highest BCUT2D eigenvalue weighted by molar-refractivity contribution is 6.14. The number of hydrogen-bond acceptors (Lipinski definition) is 4. The lowest BCUT2D eigenvalue weighted by molar-refractivity contribution is 0.669. The quantitative estimate of drug-likeness (QED) is 0.161. The van der Waals surface area contributed by atoms with Crippen LogP contribution in [-0.4, -0.2) is 19.5 Å². The van der Waals surface area contributed by atoms with Crippen LogP contribution in [0.15, 0.2) is 223 Å². The third kappa shape index (κ3) is 6.06. The van der Waals surface area contributed by atoms with Gasteiger partial charge in [0.1, 0.15) is 11.2 Å². The molecule has 0 aliphatic heterocycles. The molecular weight excluding hydrogens is 757 g/mol. The Morgan fingerprint density at radius 2 is 0.935 bits per heavy atom. The second-order valence-corrected chi connectivity index (χ2v) is 15.3. The highest BCUT2D eigenvalue weighted by Crippen LogP contribution is 2.40. The first kappa shape index (κ1) is 31.5. The second kappa shape index (κ2) is 14.7. The number of hydrogen-bond donors (Lipinski definition) is 0. The molecule has 12 aromatic rings. The van der Waals surface area contributed by atoms with E-state index in [1.807, 2.05) is 132 Å². The molecule has 9 aromatic carbocycles. The predicted molar refractivity (Wildman–Crippen MR) is 254 cm³/mol. The number of nitrogens with zero attached hydrogens (tertiary/aromatic N) is 4. The minimum atomic E-state index is -0.275. The van der Waals surface area contributed by atoms with Gasteiger partial charge in [-0.15, -0.1) is 0 Å². The molecule has 0 amide bonds. The van der Waals surface area contributed by atoms with Gasteiger partial charge in [0.15, 0.2) is 17.5 Å². The van der Waals surface area contributed by atoms with Crippen LogP contribution in [0.3, 0.4) is 0 Å². The van der Waals surface area contributed by atoms with E-state index in [4.69, 9.17) is 23.5 Å². The highest BCUT2D eigenvalue weighted by Gasteiger charge is 2.19. The van der Waals surface area contributed by atoms with Crippen molar-refractivity contribution in [3.8, 4) is 73.2 Å². The average molecular weight is 797 g/mol. The molecule has 0 fully saturated rings. The summed E-state index contributed by atoms with van der Waals surface area (Å²) < 4.78 is 44.1. The van der Waals surface area contributed by atoms with Crippen LogP contribution in [0.4, 0.5) is 0 Å². The van der Waals surface area contributed by atoms with Gasteiger partial charge in [-0.05, 0) is 64.2 Å². The van der Waals surface area contributed by atoms with Crippen molar-refractivity contribution >= 4 is 43.7 Å². The summed E-state index contributed by atoms with van der Waals surface area (Å²) in [4.78, 5) is 15.1. The molecule has 0 spiro atoms. The summed E-state index contributed by atoms with van der Waals surface area (Å²) in [6.07, 6.45) is 0. The summed E-state index contributed by atoms with van der Waals surface area (Å²) in [7, 11) is 0. The molecule has 62 heavy (non-hydrogen) atoms. The third-order valence-electron chi connectivity index (χ3n) is 11.6. The van der Waals surface area contributed by atoms with Gasteiger partial charge in [-0.2, -0.15) is 0 Å². The second-order valence-electron chi connectivity index (χ2n) is 15.3. The minimum Gasteiger partial charge on any atom is -0.456 e. The number of rotatable bonds is 7. The smallest absolute Gasteiger partial charge is 0.164 e. The van der Waals surface area contributed by atoms with Gasteiger partial charge in [0, 0.05) is 49.5 Å². The van der Waals surface area contributed by atoms with E-state index in [0.29, 0.717) is 28.4 Å². The first-order chi connectivity index (χ1) is 32.4. The zero-order chi connectivity index (χ0) is 44.5. The third-order valence-corrected chi connectivity index (χ3v) is 11.6. The molecule has 5 heteroatoms. The minimum absolute atomic E-state index is 0.0663. The molecule has 3 aromatic heterocycles. The monoisotopic (exact) mass is 796 g/mol. The Labute approximate surface area is 363 Å². The van der Waals surface area contributed by atoms with Gasteiger partial charge in [-0.25, -0.2) is 15.0 Å². The predicted octanol–water partition coefficient (Wildman–Crippen LogP) is 14.9. The molecule has 0 saturated carbocycles. The van der Waals surface area contributed by atoms with Gasteiger partial charge >= 0.3 is 0 Å². The Morgan fingerprint density at radius 3 is 1.76 bits per heavy atom. The summed E-state index contributed by atoms with van der Waals surface area (Å²) in [5, 5.41) is 3.17. The first-order valence-corrected chi connectivity index (χ1v) is 20.5. The SMILES string of the molecule is [2H]c1c([2H])c([2H])c2c(c1[2H])c1cccc(-c3cccc(-c4ccccc4)c3)c1n2-c1cccc(-c2ccc(-c3nc(-c4ccccc4)nc(-c4cccc5oc6ccccc6c45)n3)cc2)c1. The molecule has 290 valence electrons. The van der Waals surface area contributed by atoms with Crippen molar-refractivity contribution in [2.45, 2.75) is 0 Å². The van der Waals surface area contributed by atoms with Gasteiger partial charge in [0.25, 0.3) is 0 Å². The molecular formula is C57H36N4O. The number of fused-ring (bicyclic) bond motifs is 6. The summed E-state index contributed by atoms with van der Waals surface area (Å²) >= 11 is 0. The fraction of sp³-hybridized carbons (Fsp3) is 0. The topological polar surface area (TPSA) is 56.7 Å². The van der Waals surface area contributed by atoms with Crippen LogP contribution in [0.1, 0.15) is 5.48 Å².